The summed E-state index contributed by atoms with van der Waals surface area (Å²) >= 11 is 0. The van der Waals surface area contributed by atoms with Gasteiger partial charge in [0, 0.05) is 0 Å². The van der Waals surface area contributed by atoms with E-state index in [0.717, 1.165) is 0 Å². The average molecular weight is 138 g/mol. The molecule has 0 aromatic rings. The summed E-state index contributed by atoms with van der Waals surface area (Å²) in [6.07, 6.45) is 0. The molecular formula is CH5FNaO3P. The molecule has 0 amide bonds. The Labute approximate surface area is 63.5 Å². The summed E-state index contributed by atoms with van der Waals surface area (Å²) in [5.74, 6) is 0. The fourth-order valence-corrected chi connectivity index (χ4v) is 0. The van der Waals surface area contributed by atoms with Crippen molar-refractivity contribution in [1.82, 2.24) is 0 Å². The summed E-state index contributed by atoms with van der Waals surface area (Å²) in [5.41, 5.74) is 0. The van der Waals surface area contributed by atoms with E-state index in [1.807, 2.05) is 0 Å². The van der Waals surface area contributed by atoms with Gasteiger partial charge in [-0.15, -0.1) is 4.20 Å². The molecule has 7 heavy (non-hydrogen) atoms. The minimum absolute atomic E-state index is 0. The van der Waals surface area contributed by atoms with E-state index in [9.17, 15) is 4.20 Å². The van der Waals surface area contributed by atoms with Crippen molar-refractivity contribution >= 4 is 7.91 Å². The zero-order valence-corrected chi connectivity index (χ0v) is 7.02. The quantitative estimate of drug-likeness (QED) is 0.221. The van der Waals surface area contributed by atoms with Crippen LogP contribution >= 0.6 is 7.91 Å². The molecule has 0 saturated carbocycles. The summed E-state index contributed by atoms with van der Waals surface area (Å²) in [6, 6.07) is 0. The topological polar surface area (TPSA) is 57.5 Å². The van der Waals surface area contributed by atoms with Crippen molar-refractivity contribution in [3.63, 3.8) is 0 Å². The second-order valence-corrected chi connectivity index (χ2v) is 1.42. The molecule has 2 N–H and O–H groups in total. The molecule has 3 nitrogen and oxygen atoms in total. The molecule has 0 radical (unpaired) electrons. The third-order valence-electron chi connectivity index (χ3n) is 0. The van der Waals surface area contributed by atoms with Gasteiger partial charge in [0.05, 0.1) is 0 Å². The van der Waals surface area contributed by atoms with Crippen molar-refractivity contribution in [1.29, 1.82) is 0 Å². The summed E-state index contributed by atoms with van der Waals surface area (Å²) in [7, 11) is -5.14. The largest absolute Gasteiger partial charge is 1.00 e. The minimum atomic E-state index is -5.14. The van der Waals surface area contributed by atoms with Gasteiger partial charge in [-0.1, -0.05) is 0 Å². The Bertz CT molecular complexity index is 61.1. The van der Waals surface area contributed by atoms with Crippen LogP contribution < -0.4 is 29.6 Å². The SMILES string of the molecule is O=P(O)(O)F.[CH3-].[Na+]. The van der Waals surface area contributed by atoms with Crippen molar-refractivity contribution in [3.8, 4) is 0 Å². The van der Waals surface area contributed by atoms with Crippen LogP contribution in [0.4, 0.5) is 4.20 Å². The monoisotopic (exact) mass is 138 g/mol. The smallest absolute Gasteiger partial charge is 0.358 e. The van der Waals surface area contributed by atoms with Crippen LogP contribution in [0.15, 0.2) is 0 Å². The van der Waals surface area contributed by atoms with Crippen molar-refractivity contribution in [2.75, 3.05) is 0 Å². The average Bonchev–Trinajstić information content (AvgIpc) is 0.722. The van der Waals surface area contributed by atoms with E-state index in [1.54, 1.807) is 0 Å². The molecule has 0 aromatic heterocycles. The number of rotatable bonds is 0. The molecule has 0 aliphatic heterocycles. The maximum absolute atomic E-state index is 10.4. The first-order chi connectivity index (χ1) is 2.00. The first kappa shape index (κ1) is 15.7. The van der Waals surface area contributed by atoms with Gasteiger partial charge in [0.1, 0.15) is 0 Å². The Morgan fingerprint density at radius 1 is 1.43 bits per heavy atom. The molecule has 0 aromatic carbocycles. The van der Waals surface area contributed by atoms with Crippen LogP contribution in [0, 0.1) is 7.43 Å². The summed E-state index contributed by atoms with van der Waals surface area (Å²) in [4.78, 5) is 13.9. The third kappa shape index (κ3) is 157. The van der Waals surface area contributed by atoms with Crippen molar-refractivity contribution in [3.05, 3.63) is 7.43 Å². The Kier molecular flexibility index (Phi) is 11.7. The van der Waals surface area contributed by atoms with E-state index in [4.69, 9.17) is 14.4 Å². The summed E-state index contributed by atoms with van der Waals surface area (Å²) in [6.45, 7) is 0. The Morgan fingerprint density at radius 2 is 1.43 bits per heavy atom. The van der Waals surface area contributed by atoms with Gasteiger partial charge in [0.2, 0.25) is 0 Å². The second kappa shape index (κ2) is 5.22. The van der Waals surface area contributed by atoms with Crippen LogP contribution in [0.1, 0.15) is 0 Å². The van der Waals surface area contributed by atoms with Crippen LogP contribution in [-0.4, -0.2) is 9.79 Å². The number of hydrogen-bond donors (Lipinski definition) is 2. The van der Waals surface area contributed by atoms with Crippen molar-refractivity contribution in [2.24, 2.45) is 0 Å². The van der Waals surface area contributed by atoms with Gasteiger partial charge in [-0.3, -0.25) is 9.79 Å². The summed E-state index contributed by atoms with van der Waals surface area (Å²) in [5, 5.41) is 0. The zero-order chi connectivity index (χ0) is 4.50. The second-order valence-electron chi connectivity index (χ2n) is 0.473. The van der Waals surface area contributed by atoms with E-state index in [2.05, 4.69) is 0 Å². The molecule has 0 aliphatic carbocycles. The standard InChI is InChI=1S/CH3.FH2O3P.Na/c;1-5(2,3)4;/h1H3;(H2,2,3,4);/q-1;;+1. The minimum Gasteiger partial charge on any atom is -0.358 e. The normalized spacial score (nSPS) is 8.43. The molecule has 0 heterocycles. The molecule has 0 atom stereocenters. The molecular weight excluding hydrogens is 133 g/mol. The van der Waals surface area contributed by atoms with Gasteiger partial charge in [-0.05, 0) is 0 Å². The van der Waals surface area contributed by atoms with Gasteiger partial charge in [-0.2, -0.15) is 0 Å². The molecule has 0 spiro atoms. The molecule has 0 aliphatic rings. The van der Waals surface area contributed by atoms with E-state index in [-0.39, 0.29) is 37.0 Å². The Balaban J connectivity index is -0.0000000800. The van der Waals surface area contributed by atoms with Gasteiger partial charge in [0.15, 0.2) is 0 Å². The molecule has 0 fully saturated rings. The number of halogens is 1. The van der Waals surface area contributed by atoms with Crippen LogP contribution in [0.25, 0.3) is 0 Å². The molecule has 0 bridgehead atoms. The maximum atomic E-state index is 10.4. The zero-order valence-electron chi connectivity index (χ0n) is 4.13. The first-order valence-electron chi connectivity index (χ1n) is 0.752. The van der Waals surface area contributed by atoms with E-state index in [0.29, 0.717) is 0 Å². The molecule has 0 unspecified atom stereocenters. The van der Waals surface area contributed by atoms with Gasteiger partial charge < -0.3 is 7.43 Å². The first-order valence-corrected chi connectivity index (χ1v) is 2.25. The maximum Gasteiger partial charge on any atom is 1.00 e. The predicted octanol–water partition coefficient (Wildman–Crippen LogP) is -2.50. The molecule has 0 rings (SSSR count). The van der Waals surface area contributed by atoms with Gasteiger partial charge in [0.25, 0.3) is 0 Å². The van der Waals surface area contributed by atoms with E-state index < -0.39 is 7.91 Å². The third-order valence-corrected chi connectivity index (χ3v) is 0. The predicted molar refractivity (Wildman–Crippen MR) is 19.6 cm³/mol. The van der Waals surface area contributed by atoms with Crippen LogP contribution in [-0.2, 0) is 4.57 Å². The Morgan fingerprint density at radius 3 is 1.43 bits per heavy atom. The molecule has 0 saturated heterocycles. The van der Waals surface area contributed by atoms with Crippen molar-refractivity contribution in [2.45, 2.75) is 0 Å². The van der Waals surface area contributed by atoms with Crippen LogP contribution in [0.3, 0.4) is 0 Å². The summed E-state index contributed by atoms with van der Waals surface area (Å²) < 4.78 is 19.0. The molecule has 6 heteroatoms. The van der Waals surface area contributed by atoms with E-state index in [1.165, 1.54) is 0 Å². The molecule has 40 valence electrons. The van der Waals surface area contributed by atoms with Crippen LogP contribution in [0.2, 0.25) is 0 Å². The fraction of sp³-hybridized carbons (Fsp3) is 0. The van der Waals surface area contributed by atoms with Gasteiger partial charge >= 0.3 is 37.5 Å². The Hall–Kier alpha value is 1.08. The van der Waals surface area contributed by atoms with E-state index >= 15 is 0 Å². The fourth-order valence-electron chi connectivity index (χ4n) is 0. The number of hydrogen-bond acceptors (Lipinski definition) is 1. The van der Waals surface area contributed by atoms with Crippen molar-refractivity contribution < 1.29 is 48.1 Å². The van der Waals surface area contributed by atoms with Gasteiger partial charge in [-0.25, -0.2) is 4.57 Å². The van der Waals surface area contributed by atoms with Crippen LogP contribution in [0.5, 0.6) is 0 Å².